The first-order chi connectivity index (χ1) is 11.1. The second-order valence-electron chi connectivity index (χ2n) is 4.67. The summed E-state index contributed by atoms with van der Waals surface area (Å²) in [5.41, 5.74) is 0.770. The van der Waals surface area contributed by atoms with Crippen LogP contribution in [0.3, 0.4) is 0 Å². The molecule has 118 valence electrons. The Kier molecular flexibility index (Phi) is 5.38. The monoisotopic (exact) mass is 383 g/mol. The van der Waals surface area contributed by atoms with E-state index < -0.39 is 0 Å². The van der Waals surface area contributed by atoms with Crippen molar-refractivity contribution in [1.82, 2.24) is 5.32 Å². The van der Waals surface area contributed by atoms with Crippen molar-refractivity contribution in [2.24, 2.45) is 10.2 Å². The Morgan fingerprint density at radius 1 is 1.22 bits per heavy atom. The largest absolute Gasteiger partial charge is 0.303 e. The van der Waals surface area contributed by atoms with Crippen molar-refractivity contribution in [1.29, 1.82) is 0 Å². The lowest BCUT2D eigenvalue weighted by molar-refractivity contribution is -0.118. The summed E-state index contributed by atoms with van der Waals surface area (Å²) in [4.78, 5) is 13.1. The molecule has 1 aliphatic rings. The van der Waals surface area contributed by atoms with Crippen LogP contribution in [0.1, 0.15) is 10.4 Å². The molecule has 8 heteroatoms. The van der Waals surface area contributed by atoms with Gasteiger partial charge in [0.1, 0.15) is 0 Å². The number of thioether (sulfide) groups is 1. The molecule has 1 atom stereocenters. The maximum atomic E-state index is 12.1. The molecule has 0 saturated carbocycles. The Balaban J connectivity index is 1.68. The van der Waals surface area contributed by atoms with Crippen molar-refractivity contribution >= 4 is 63.6 Å². The molecule has 0 aliphatic carbocycles. The zero-order chi connectivity index (χ0) is 16.2. The van der Waals surface area contributed by atoms with Crippen LogP contribution in [-0.2, 0) is 11.2 Å². The van der Waals surface area contributed by atoms with E-state index >= 15 is 0 Å². The van der Waals surface area contributed by atoms with E-state index in [-0.39, 0.29) is 11.2 Å². The minimum atomic E-state index is -0.317. The number of thiophene rings is 1. The van der Waals surface area contributed by atoms with Gasteiger partial charge in [-0.05, 0) is 35.6 Å². The van der Waals surface area contributed by atoms with Crippen molar-refractivity contribution in [2.45, 2.75) is 11.7 Å². The number of hydrogen-bond donors (Lipinski definition) is 1. The van der Waals surface area contributed by atoms with Crippen molar-refractivity contribution in [3.05, 3.63) is 56.2 Å². The van der Waals surface area contributed by atoms with Gasteiger partial charge in [-0.2, -0.15) is 5.10 Å². The van der Waals surface area contributed by atoms with Gasteiger partial charge >= 0.3 is 0 Å². The van der Waals surface area contributed by atoms with Crippen molar-refractivity contribution in [2.75, 3.05) is 0 Å². The van der Waals surface area contributed by atoms with E-state index in [1.54, 1.807) is 35.8 Å². The van der Waals surface area contributed by atoms with Crippen LogP contribution in [0, 0.1) is 0 Å². The van der Waals surface area contributed by atoms with E-state index in [2.05, 4.69) is 15.5 Å². The van der Waals surface area contributed by atoms with E-state index in [4.69, 9.17) is 23.2 Å². The molecule has 3 rings (SSSR count). The summed E-state index contributed by atoms with van der Waals surface area (Å²) in [5, 5.41) is 14.0. The third-order valence-corrected chi connectivity index (χ3v) is 5.69. The van der Waals surface area contributed by atoms with E-state index in [1.807, 2.05) is 17.5 Å². The maximum absolute atomic E-state index is 12.1. The predicted molar refractivity (Wildman–Crippen MR) is 99.0 cm³/mol. The molecule has 2 aromatic rings. The number of carbonyl (C=O) groups is 1. The van der Waals surface area contributed by atoms with Crippen molar-refractivity contribution < 1.29 is 4.79 Å². The Bertz CT molecular complexity index is 755. The number of hydrogen-bond acceptors (Lipinski definition) is 5. The molecule has 1 fully saturated rings. The standard InChI is InChI=1S/C15H11Cl2N3OS2/c16-11-4-1-5-12(17)10(11)7-13-14(21)19-15(23-13)20-18-8-9-3-2-6-22-9/h1-6,8,13H,7H2,(H,19,20,21). The summed E-state index contributed by atoms with van der Waals surface area (Å²) >= 11 is 15.2. The Morgan fingerprint density at radius 2 is 2.00 bits per heavy atom. The summed E-state index contributed by atoms with van der Waals surface area (Å²) < 4.78 is 0. The number of rotatable bonds is 4. The third-order valence-electron chi connectivity index (χ3n) is 3.10. The lowest BCUT2D eigenvalue weighted by Crippen LogP contribution is -2.26. The lowest BCUT2D eigenvalue weighted by Gasteiger charge is -2.09. The molecule has 1 amide bonds. The van der Waals surface area contributed by atoms with E-state index in [9.17, 15) is 4.79 Å². The molecule has 1 aromatic heterocycles. The van der Waals surface area contributed by atoms with E-state index in [0.29, 0.717) is 21.6 Å². The molecule has 23 heavy (non-hydrogen) atoms. The SMILES string of the molecule is O=C1NC(=NN=Cc2cccs2)SC1Cc1c(Cl)cccc1Cl. The molecule has 0 radical (unpaired) electrons. The number of halogens is 2. The number of amides is 1. The molecule has 1 aliphatic heterocycles. The zero-order valence-corrected chi connectivity index (χ0v) is 14.8. The van der Waals surface area contributed by atoms with E-state index in [1.165, 1.54) is 11.8 Å². The summed E-state index contributed by atoms with van der Waals surface area (Å²) in [6.07, 6.45) is 2.10. The number of nitrogens with zero attached hydrogens (tertiary/aromatic N) is 2. The smallest absolute Gasteiger partial charge is 0.239 e. The highest BCUT2D eigenvalue weighted by atomic mass is 35.5. The number of benzene rings is 1. The van der Waals surface area contributed by atoms with Crippen molar-refractivity contribution in [3.8, 4) is 0 Å². The average molecular weight is 384 g/mol. The lowest BCUT2D eigenvalue weighted by atomic mass is 10.1. The minimum Gasteiger partial charge on any atom is -0.303 e. The molecule has 0 spiro atoms. The molecule has 1 N–H and O–H groups in total. The quantitative estimate of drug-likeness (QED) is 0.634. The molecule has 4 nitrogen and oxygen atoms in total. The van der Waals surface area contributed by atoms with Gasteiger partial charge in [0.25, 0.3) is 0 Å². The van der Waals surface area contributed by atoms with Crippen LogP contribution in [0.5, 0.6) is 0 Å². The first kappa shape index (κ1) is 16.5. The van der Waals surface area contributed by atoms with Gasteiger partial charge in [-0.25, -0.2) is 0 Å². The molecule has 1 aromatic carbocycles. The normalized spacial score (nSPS) is 19.7. The van der Waals surface area contributed by atoms with Crippen LogP contribution < -0.4 is 5.32 Å². The zero-order valence-electron chi connectivity index (χ0n) is 11.7. The molecular weight excluding hydrogens is 373 g/mol. The van der Waals surface area contributed by atoms with Gasteiger partial charge in [-0.1, -0.05) is 47.1 Å². The second-order valence-corrected chi connectivity index (χ2v) is 7.65. The first-order valence-corrected chi connectivity index (χ1v) is 9.20. The fraction of sp³-hybridized carbons (Fsp3) is 0.133. The maximum Gasteiger partial charge on any atom is 0.239 e. The number of carbonyl (C=O) groups excluding carboxylic acids is 1. The predicted octanol–water partition coefficient (Wildman–Crippen LogP) is 4.22. The third kappa shape index (κ3) is 4.14. The summed E-state index contributed by atoms with van der Waals surface area (Å²) in [6.45, 7) is 0. The van der Waals surface area contributed by atoms with Gasteiger partial charge < -0.3 is 5.32 Å². The summed E-state index contributed by atoms with van der Waals surface area (Å²) in [6, 6.07) is 9.19. The van der Waals surface area contributed by atoms with Gasteiger partial charge in [0.15, 0.2) is 5.17 Å². The van der Waals surface area contributed by atoms with Crippen LogP contribution in [0.15, 0.2) is 45.9 Å². The second kappa shape index (κ2) is 7.49. The Morgan fingerprint density at radius 3 is 2.70 bits per heavy atom. The van der Waals surface area contributed by atoms with Gasteiger partial charge in [-0.3, -0.25) is 4.79 Å². The molecule has 1 unspecified atom stereocenters. The van der Waals surface area contributed by atoms with Gasteiger partial charge in [0, 0.05) is 14.9 Å². The fourth-order valence-electron chi connectivity index (χ4n) is 2.00. The Labute approximate surface area is 151 Å². The first-order valence-electron chi connectivity index (χ1n) is 6.68. The van der Waals surface area contributed by atoms with Crippen molar-refractivity contribution in [3.63, 3.8) is 0 Å². The number of amidine groups is 1. The average Bonchev–Trinajstić information content (AvgIpc) is 3.14. The van der Waals surface area contributed by atoms with Gasteiger partial charge in [0.2, 0.25) is 5.91 Å². The van der Waals surface area contributed by atoms with E-state index in [0.717, 1.165) is 10.4 Å². The van der Waals surface area contributed by atoms with Crippen LogP contribution in [-0.4, -0.2) is 22.5 Å². The minimum absolute atomic E-state index is 0.115. The summed E-state index contributed by atoms with van der Waals surface area (Å²) in [7, 11) is 0. The van der Waals surface area contributed by atoms with Gasteiger partial charge in [-0.15, -0.1) is 16.4 Å². The highest BCUT2D eigenvalue weighted by Gasteiger charge is 2.31. The van der Waals surface area contributed by atoms with Gasteiger partial charge in [0.05, 0.1) is 11.5 Å². The van der Waals surface area contributed by atoms with Crippen LogP contribution in [0.2, 0.25) is 10.0 Å². The highest BCUT2D eigenvalue weighted by molar-refractivity contribution is 8.15. The van der Waals surface area contributed by atoms with Crippen LogP contribution in [0.25, 0.3) is 0 Å². The topological polar surface area (TPSA) is 53.8 Å². The Hall–Kier alpha value is -1.34. The van der Waals surface area contributed by atoms with Crippen LogP contribution >= 0.6 is 46.3 Å². The molecule has 1 saturated heterocycles. The fourth-order valence-corrected chi connectivity index (χ4v) is 4.07. The molecule has 2 heterocycles. The molecular formula is C15H11Cl2N3OS2. The van der Waals surface area contributed by atoms with Crippen LogP contribution in [0.4, 0.5) is 0 Å². The molecule has 0 bridgehead atoms. The highest BCUT2D eigenvalue weighted by Crippen LogP contribution is 2.30. The summed E-state index contributed by atoms with van der Waals surface area (Å²) in [5.74, 6) is -0.115. The number of nitrogens with one attached hydrogen (secondary N) is 1.